The van der Waals surface area contributed by atoms with E-state index < -0.39 is 5.60 Å². The number of rotatable bonds is 6. The smallest absolute Gasteiger partial charge is 0.414 e. The number of benzene rings is 1. The monoisotopic (exact) mass is 370 g/mol. The molecule has 0 N–H and O–H groups in total. The number of hydrogen-bond donors (Lipinski definition) is 0. The number of ether oxygens (including phenoxy) is 1. The predicted molar refractivity (Wildman–Crippen MR) is 95.5 cm³/mol. The average Bonchev–Trinajstić information content (AvgIpc) is 2.41. The second kappa shape index (κ2) is 8.53. The van der Waals surface area contributed by atoms with Crippen molar-refractivity contribution in [3.8, 4) is 0 Å². The van der Waals surface area contributed by atoms with E-state index in [0.29, 0.717) is 6.54 Å². The number of carbonyl (C=O) groups excluding carboxylic acids is 1. The molecule has 22 heavy (non-hydrogen) atoms. The zero-order valence-corrected chi connectivity index (χ0v) is 15.8. The van der Waals surface area contributed by atoms with Crippen LogP contribution in [0.2, 0.25) is 0 Å². The molecule has 0 aliphatic rings. The van der Waals surface area contributed by atoms with Crippen LogP contribution in [0.4, 0.5) is 10.5 Å². The Hall–Kier alpha value is -1.07. The van der Waals surface area contributed by atoms with Crippen molar-refractivity contribution in [3.05, 3.63) is 28.7 Å². The van der Waals surface area contributed by atoms with Crippen LogP contribution < -0.4 is 4.90 Å². The van der Waals surface area contributed by atoms with Crippen LogP contribution in [0.5, 0.6) is 0 Å². The fourth-order valence-electron chi connectivity index (χ4n) is 2.07. The van der Waals surface area contributed by atoms with Crippen molar-refractivity contribution in [1.29, 1.82) is 0 Å². The Morgan fingerprint density at radius 1 is 1.18 bits per heavy atom. The summed E-state index contributed by atoms with van der Waals surface area (Å²) in [4.78, 5) is 16.5. The molecular weight excluding hydrogens is 344 g/mol. The summed E-state index contributed by atoms with van der Waals surface area (Å²) in [6.45, 7) is 13.3. The predicted octanol–water partition coefficient (Wildman–Crippen LogP) is 4.53. The Bertz CT molecular complexity index is 482. The number of halogens is 1. The summed E-state index contributed by atoms with van der Waals surface area (Å²) in [5.74, 6) is 0. The SMILES string of the molecule is CCN(CC)CCN(C(=O)OC(C)(C)C)c1cccc(Br)c1. The normalized spacial score (nSPS) is 11.6. The Labute approximate surface area is 142 Å². The molecule has 5 heteroatoms. The first-order chi connectivity index (χ1) is 10.3. The average molecular weight is 371 g/mol. The fraction of sp³-hybridized carbons (Fsp3) is 0.588. The molecule has 1 aromatic carbocycles. The summed E-state index contributed by atoms with van der Waals surface area (Å²) >= 11 is 3.46. The third-order valence-electron chi connectivity index (χ3n) is 3.27. The van der Waals surface area contributed by atoms with Gasteiger partial charge in [-0.1, -0.05) is 35.8 Å². The molecule has 0 bridgehead atoms. The van der Waals surface area contributed by atoms with Gasteiger partial charge in [0.1, 0.15) is 5.60 Å². The number of amides is 1. The topological polar surface area (TPSA) is 32.8 Å². The number of likely N-dealkylation sites (N-methyl/N-ethyl adjacent to an activating group) is 1. The molecule has 0 spiro atoms. The lowest BCUT2D eigenvalue weighted by molar-refractivity contribution is 0.0577. The summed E-state index contributed by atoms with van der Waals surface area (Å²) in [6.07, 6.45) is -0.308. The first kappa shape index (κ1) is 19.0. The summed E-state index contributed by atoms with van der Waals surface area (Å²) < 4.78 is 6.49. The molecule has 0 heterocycles. The first-order valence-electron chi connectivity index (χ1n) is 7.75. The summed E-state index contributed by atoms with van der Waals surface area (Å²) in [5, 5.41) is 0. The lowest BCUT2D eigenvalue weighted by Gasteiger charge is -2.29. The van der Waals surface area contributed by atoms with Gasteiger partial charge in [0.2, 0.25) is 0 Å². The van der Waals surface area contributed by atoms with Gasteiger partial charge in [0, 0.05) is 23.2 Å². The van der Waals surface area contributed by atoms with E-state index in [2.05, 4.69) is 34.7 Å². The maximum absolute atomic E-state index is 12.5. The first-order valence-corrected chi connectivity index (χ1v) is 8.54. The summed E-state index contributed by atoms with van der Waals surface area (Å²) in [7, 11) is 0. The second-order valence-electron chi connectivity index (χ2n) is 6.14. The van der Waals surface area contributed by atoms with Crippen LogP contribution in [-0.4, -0.2) is 42.8 Å². The molecule has 0 unspecified atom stereocenters. The van der Waals surface area contributed by atoms with E-state index >= 15 is 0 Å². The summed E-state index contributed by atoms with van der Waals surface area (Å²) in [6, 6.07) is 7.73. The van der Waals surface area contributed by atoms with Crippen molar-refractivity contribution >= 4 is 27.7 Å². The highest BCUT2D eigenvalue weighted by Crippen LogP contribution is 2.22. The van der Waals surface area contributed by atoms with Crippen molar-refractivity contribution in [2.24, 2.45) is 0 Å². The minimum atomic E-state index is -0.503. The van der Waals surface area contributed by atoms with Crippen LogP contribution in [0, 0.1) is 0 Å². The Kier molecular flexibility index (Phi) is 7.36. The Morgan fingerprint density at radius 2 is 1.82 bits per heavy atom. The molecule has 0 aliphatic carbocycles. The van der Waals surface area contributed by atoms with Crippen LogP contribution in [0.25, 0.3) is 0 Å². The molecular formula is C17H27BrN2O2. The third kappa shape index (κ3) is 6.36. The number of anilines is 1. The Morgan fingerprint density at radius 3 is 2.32 bits per heavy atom. The molecule has 0 saturated heterocycles. The van der Waals surface area contributed by atoms with Gasteiger partial charge in [0.25, 0.3) is 0 Å². The molecule has 1 aromatic rings. The van der Waals surface area contributed by atoms with E-state index in [4.69, 9.17) is 4.74 Å². The van der Waals surface area contributed by atoms with Gasteiger partial charge in [-0.05, 0) is 52.1 Å². The zero-order chi connectivity index (χ0) is 16.8. The molecule has 4 nitrogen and oxygen atoms in total. The van der Waals surface area contributed by atoms with Crippen LogP contribution in [0.15, 0.2) is 28.7 Å². The molecule has 0 aromatic heterocycles. The minimum Gasteiger partial charge on any atom is -0.443 e. The maximum Gasteiger partial charge on any atom is 0.414 e. The Balaban J connectivity index is 2.92. The third-order valence-corrected chi connectivity index (χ3v) is 3.76. The van der Waals surface area contributed by atoms with Gasteiger partial charge in [-0.25, -0.2) is 4.79 Å². The van der Waals surface area contributed by atoms with Crippen LogP contribution in [0.3, 0.4) is 0 Å². The highest BCUT2D eigenvalue weighted by molar-refractivity contribution is 9.10. The fourth-order valence-corrected chi connectivity index (χ4v) is 2.46. The largest absolute Gasteiger partial charge is 0.443 e. The molecule has 124 valence electrons. The molecule has 0 aliphatic heterocycles. The molecule has 0 fully saturated rings. The van der Waals surface area contributed by atoms with Gasteiger partial charge >= 0.3 is 6.09 Å². The van der Waals surface area contributed by atoms with Crippen LogP contribution >= 0.6 is 15.9 Å². The van der Waals surface area contributed by atoms with Gasteiger partial charge in [0.15, 0.2) is 0 Å². The van der Waals surface area contributed by atoms with E-state index in [1.807, 2.05) is 45.0 Å². The van der Waals surface area contributed by atoms with Gasteiger partial charge in [0.05, 0.1) is 0 Å². The van der Waals surface area contributed by atoms with Gasteiger partial charge in [-0.3, -0.25) is 4.90 Å². The van der Waals surface area contributed by atoms with Crippen molar-refractivity contribution in [2.75, 3.05) is 31.1 Å². The second-order valence-corrected chi connectivity index (χ2v) is 7.05. The van der Waals surface area contributed by atoms with Gasteiger partial charge in [-0.2, -0.15) is 0 Å². The molecule has 0 saturated carbocycles. The van der Waals surface area contributed by atoms with Crippen LogP contribution in [0.1, 0.15) is 34.6 Å². The van der Waals surface area contributed by atoms with E-state index in [-0.39, 0.29) is 6.09 Å². The summed E-state index contributed by atoms with van der Waals surface area (Å²) in [5.41, 5.74) is 0.340. The number of nitrogens with zero attached hydrogens (tertiary/aromatic N) is 2. The van der Waals surface area contributed by atoms with E-state index in [0.717, 1.165) is 29.8 Å². The van der Waals surface area contributed by atoms with Crippen molar-refractivity contribution < 1.29 is 9.53 Å². The molecule has 0 atom stereocenters. The lowest BCUT2D eigenvalue weighted by Crippen LogP contribution is -2.41. The van der Waals surface area contributed by atoms with Gasteiger partial charge in [-0.15, -0.1) is 0 Å². The highest BCUT2D eigenvalue weighted by atomic mass is 79.9. The van der Waals surface area contributed by atoms with E-state index in [1.54, 1.807) is 4.90 Å². The molecule has 0 radical (unpaired) electrons. The quantitative estimate of drug-likeness (QED) is 0.737. The number of carbonyl (C=O) groups is 1. The number of hydrogen-bond acceptors (Lipinski definition) is 3. The van der Waals surface area contributed by atoms with Crippen molar-refractivity contribution in [1.82, 2.24) is 4.90 Å². The minimum absolute atomic E-state index is 0.308. The van der Waals surface area contributed by atoms with E-state index in [1.165, 1.54) is 0 Å². The highest BCUT2D eigenvalue weighted by Gasteiger charge is 2.23. The standard InChI is InChI=1S/C17H27BrN2O2/c1-6-19(7-2)11-12-20(16(21)22-17(3,4)5)15-10-8-9-14(18)13-15/h8-10,13H,6-7,11-12H2,1-5H3. The molecule has 1 amide bonds. The van der Waals surface area contributed by atoms with Crippen molar-refractivity contribution in [2.45, 2.75) is 40.2 Å². The maximum atomic E-state index is 12.5. The van der Waals surface area contributed by atoms with Crippen molar-refractivity contribution in [3.63, 3.8) is 0 Å². The van der Waals surface area contributed by atoms with Gasteiger partial charge < -0.3 is 9.64 Å². The zero-order valence-electron chi connectivity index (χ0n) is 14.2. The lowest BCUT2D eigenvalue weighted by atomic mass is 10.2. The van der Waals surface area contributed by atoms with Crippen LogP contribution in [-0.2, 0) is 4.74 Å². The molecule has 1 rings (SSSR count). The van der Waals surface area contributed by atoms with E-state index in [9.17, 15) is 4.79 Å².